The molecule has 0 spiro atoms. The van der Waals surface area contributed by atoms with Gasteiger partial charge in [-0.2, -0.15) is 0 Å². The highest BCUT2D eigenvalue weighted by Gasteiger charge is 2.11. The summed E-state index contributed by atoms with van der Waals surface area (Å²) >= 11 is 7.70. The highest BCUT2D eigenvalue weighted by atomic mass is 35.5. The zero-order chi connectivity index (χ0) is 18.4. The van der Waals surface area contributed by atoms with Crippen molar-refractivity contribution < 1.29 is 9.53 Å². The van der Waals surface area contributed by atoms with E-state index in [2.05, 4.69) is 10.3 Å². The summed E-state index contributed by atoms with van der Waals surface area (Å²) in [6.07, 6.45) is 0.243. The second-order valence-corrected chi connectivity index (χ2v) is 7.04. The molecule has 2 aromatic carbocycles. The maximum atomic E-state index is 12.3. The lowest BCUT2D eigenvalue weighted by molar-refractivity contribution is -0.120. The van der Waals surface area contributed by atoms with Crippen LogP contribution in [0.2, 0.25) is 5.02 Å². The maximum Gasteiger partial charge on any atom is 0.226 e. The summed E-state index contributed by atoms with van der Waals surface area (Å²) in [7, 11) is 1.66. The fourth-order valence-electron chi connectivity index (χ4n) is 2.59. The zero-order valence-electron chi connectivity index (χ0n) is 14.4. The quantitative estimate of drug-likeness (QED) is 0.651. The third kappa shape index (κ3) is 4.69. The molecule has 134 valence electrons. The number of carbonyl (C=O) groups excluding carboxylic acids is 1. The van der Waals surface area contributed by atoms with Crippen molar-refractivity contribution in [1.82, 2.24) is 10.3 Å². The van der Waals surface area contributed by atoms with E-state index in [1.54, 1.807) is 7.11 Å². The Bertz CT molecular complexity index is 895. The Labute approximate surface area is 161 Å². The molecule has 0 unspecified atom stereocenters. The number of nitrogens with zero attached hydrogens (tertiary/aromatic N) is 1. The summed E-state index contributed by atoms with van der Waals surface area (Å²) in [4.78, 5) is 16.8. The Balaban J connectivity index is 1.60. The van der Waals surface area contributed by atoms with Crippen LogP contribution in [0.15, 0.2) is 53.9 Å². The molecular weight excluding hydrogens is 368 g/mol. The Morgan fingerprint density at radius 2 is 1.88 bits per heavy atom. The molecule has 0 fully saturated rings. The lowest BCUT2D eigenvalue weighted by atomic mass is 10.1. The largest absolute Gasteiger partial charge is 0.380 e. The number of thiazole rings is 1. The minimum Gasteiger partial charge on any atom is -0.380 e. The molecule has 4 nitrogen and oxygen atoms in total. The molecule has 0 atom stereocenters. The number of halogens is 1. The molecule has 3 rings (SSSR count). The van der Waals surface area contributed by atoms with Crippen LogP contribution in [0.1, 0.15) is 16.8 Å². The van der Waals surface area contributed by atoms with Crippen molar-refractivity contribution in [1.29, 1.82) is 0 Å². The topological polar surface area (TPSA) is 51.2 Å². The van der Waals surface area contributed by atoms with E-state index in [0.717, 1.165) is 27.4 Å². The monoisotopic (exact) mass is 386 g/mol. The van der Waals surface area contributed by atoms with Crippen LogP contribution in [0.25, 0.3) is 10.6 Å². The molecule has 1 N–H and O–H groups in total. The third-order valence-electron chi connectivity index (χ3n) is 3.89. The number of benzene rings is 2. The van der Waals surface area contributed by atoms with Crippen molar-refractivity contribution in [2.75, 3.05) is 7.11 Å². The van der Waals surface area contributed by atoms with Gasteiger partial charge in [0.05, 0.1) is 23.7 Å². The summed E-state index contributed by atoms with van der Waals surface area (Å²) < 4.78 is 5.19. The van der Waals surface area contributed by atoms with Crippen LogP contribution in [-0.4, -0.2) is 18.0 Å². The van der Waals surface area contributed by atoms with Crippen LogP contribution >= 0.6 is 22.9 Å². The summed E-state index contributed by atoms with van der Waals surface area (Å²) in [6.45, 7) is 0.999. The third-order valence-corrected chi connectivity index (χ3v) is 5.15. The summed E-state index contributed by atoms with van der Waals surface area (Å²) in [6, 6.07) is 15.5. The standard InChI is InChI=1S/C20H19ClN2O2S/c1-25-12-15-7-3-2-6-14(15)11-22-19(24)10-16-13-26-20(23-16)17-8-4-5-9-18(17)21/h2-9,13H,10-12H2,1H3,(H,22,24). The van der Waals surface area contributed by atoms with Crippen LogP contribution < -0.4 is 5.32 Å². The van der Waals surface area contributed by atoms with E-state index in [0.29, 0.717) is 18.2 Å². The fourth-order valence-corrected chi connectivity index (χ4v) is 3.73. The van der Waals surface area contributed by atoms with Crippen LogP contribution in [-0.2, 0) is 29.1 Å². The predicted octanol–water partition coefficient (Wildman–Crippen LogP) is 4.47. The van der Waals surface area contributed by atoms with E-state index >= 15 is 0 Å². The van der Waals surface area contributed by atoms with E-state index < -0.39 is 0 Å². The number of hydrogen-bond donors (Lipinski definition) is 1. The zero-order valence-corrected chi connectivity index (χ0v) is 15.9. The molecule has 0 bridgehead atoms. The van der Waals surface area contributed by atoms with Gasteiger partial charge in [0.15, 0.2) is 0 Å². The number of carbonyl (C=O) groups is 1. The van der Waals surface area contributed by atoms with Crippen LogP contribution in [0.4, 0.5) is 0 Å². The van der Waals surface area contributed by atoms with Gasteiger partial charge in [-0.1, -0.05) is 54.1 Å². The van der Waals surface area contributed by atoms with Crippen molar-refractivity contribution in [2.24, 2.45) is 0 Å². The molecule has 0 saturated carbocycles. The molecule has 0 aliphatic carbocycles. The van der Waals surface area contributed by atoms with Gasteiger partial charge in [0, 0.05) is 24.6 Å². The number of methoxy groups -OCH3 is 1. The van der Waals surface area contributed by atoms with Gasteiger partial charge in [0.2, 0.25) is 5.91 Å². The van der Waals surface area contributed by atoms with Gasteiger partial charge in [-0.05, 0) is 17.2 Å². The Morgan fingerprint density at radius 1 is 1.15 bits per heavy atom. The molecule has 1 aromatic heterocycles. The number of aromatic nitrogens is 1. The molecule has 0 aliphatic rings. The van der Waals surface area contributed by atoms with Crippen molar-refractivity contribution in [2.45, 2.75) is 19.6 Å². The van der Waals surface area contributed by atoms with E-state index in [4.69, 9.17) is 16.3 Å². The average molecular weight is 387 g/mol. The van der Waals surface area contributed by atoms with Crippen LogP contribution in [0.3, 0.4) is 0 Å². The second kappa shape index (κ2) is 8.94. The van der Waals surface area contributed by atoms with Gasteiger partial charge in [0.1, 0.15) is 5.01 Å². The first kappa shape index (κ1) is 18.6. The van der Waals surface area contributed by atoms with Gasteiger partial charge >= 0.3 is 0 Å². The SMILES string of the molecule is COCc1ccccc1CNC(=O)Cc1csc(-c2ccccc2Cl)n1. The number of rotatable bonds is 7. The molecule has 26 heavy (non-hydrogen) atoms. The first-order chi connectivity index (χ1) is 12.7. The van der Waals surface area contributed by atoms with E-state index in [1.807, 2.05) is 53.9 Å². The molecule has 1 heterocycles. The highest BCUT2D eigenvalue weighted by molar-refractivity contribution is 7.13. The molecule has 0 aliphatic heterocycles. The van der Waals surface area contributed by atoms with Gasteiger partial charge in [0.25, 0.3) is 0 Å². The molecule has 0 radical (unpaired) electrons. The van der Waals surface area contributed by atoms with E-state index in [-0.39, 0.29) is 12.3 Å². The predicted molar refractivity (Wildman–Crippen MR) is 105 cm³/mol. The minimum absolute atomic E-state index is 0.0618. The smallest absolute Gasteiger partial charge is 0.226 e. The number of nitrogens with one attached hydrogen (secondary N) is 1. The van der Waals surface area contributed by atoms with Gasteiger partial charge in [-0.15, -0.1) is 11.3 Å². The summed E-state index contributed by atoms with van der Waals surface area (Å²) in [5, 5.41) is 6.33. The summed E-state index contributed by atoms with van der Waals surface area (Å²) in [5.74, 6) is -0.0618. The lowest BCUT2D eigenvalue weighted by Crippen LogP contribution is -2.25. The van der Waals surface area contributed by atoms with Crippen molar-refractivity contribution >= 4 is 28.8 Å². The molecule has 0 saturated heterocycles. The lowest BCUT2D eigenvalue weighted by Gasteiger charge is -2.09. The number of amides is 1. The van der Waals surface area contributed by atoms with Gasteiger partial charge in [-0.25, -0.2) is 4.98 Å². The summed E-state index contributed by atoms with van der Waals surface area (Å²) in [5.41, 5.74) is 3.76. The molecule has 6 heteroatoms. The van der Waals surface area contributed by atoms with Gasteiger partial charge < -0.3 is 10.1 Å². The Hall–Kier alpha value is -2.21. The van der Waals surface area contributed by atoms with Crippen molar-refractivity contribution in [3.8, 4) is 10.6 Å². The molecule has 3 aromatic rings. The minimum atomic E-state index is -0.0618. The van der Waals surface area contributed by atoms with Crippen molar-refractivity contribution in [3.63, 3.8) is 0 Å². The normalized spacial score (nSPS) is 10.7. The Kier molecular flexibility index (Phi) is 6.39. The Morgan fingerprint density at radius 3 is 2.65 bits per heavy atom. The van der Waals surface area contributed by atoms with Gasteiger partial charge in [-0.3, -0.25) is 4.79 Å². The fraction of sp³-hybridized carbons (Fsp3) is 0.200. The first-order valence-corrected chi connectivity index (χ1v) is 9.45. The van der Waals surface area contributed by atoms with E-state index in [1.165, 1.54) is 11.3 Å². The highest BCUT2D eigenvalue weighted by Crippen LogP contribution is 2.30. The van der Waals surface area contributed by atoms with Crippen LogP contribution in [0, 0.1) is 0 Å². The van der Waals surface area contributed by atoms with Crippen molar-refractivity contribution in [3.05, 3.63) is 75.8 Å². The van der Waals surface area contributed by atoms with E-state index in [9.17, 15) is 4.79 Å². The number of hydrogen-bond acceptors (Lipinski definition) is 4. The maximum absolute atomic E-state index is 12.3. The van der Waals surface area contributed by atoms with Crippen LogP contribution in [0.5, 0.6) is 0 Å². The molecular formula is C20H19ClN2O2S. The molecule has 1 amide bonds. The number of ether oxygens (including phenoxy) is 1. The average Bonchev–Trinajstić information content (AvgIpc) is 3.10. The first-order valence-electron chi connectivity index (χ1n) is 8.19. The second-order valence-electron chi connectivity index (χ2n) is 5.78.